The molecule has 0 saturated heterocycles. The van der Waals surface area contributed by atoms with Crippen molar-refractivity contribution in [3.8, 4) is 4.90 Å². The molecule has 1 heterocycles. The zero-order valence-corrected chi connectivity index (χ0v) is 13.7. The van der Waals surface area contributed by atoms with Gasteiger partial charge in [-0.05, 0) is 49.4 Å². The van der Waals surface area contributed by atoms with Gasteiger partial charge < -0.3 is 0 Å². The van der Waals surface area contributed by atoms with Crippen molar-refractivity contribution in [1.82, 2.24) is 0 Å². The van der Waals surface area contributed by atoms with Gasteiger partial charge in [0.1, 0.15) is 11.6 Å². The maximum Gasteiger partial charge on any atom is 0.187 e. The maximum absolute atomic E-state index is 13.8. The molecule has 0 N–H and O–H groups in total. The number of rotatable bonds is 2. The van der Waals surface area contributed by atoms with Crippen LogP contribution in [0, 0.1) is 11.6 Å². The molecule has 0 amide bonds. The fourth-order valence-corrected chi connectivity index (χ4v) is 5.31. The Morgan fingerprint density at radius 2 is 1.38 bits per heavy atom. The molecular weight excluding hydrogens is 326 g/mol. The third-order valence-electron chi connectivity index (χ3n) is 4.11. The van der Waals surface area contributed by atoms with E-state index in [1.165, 1.54) is 31.2 Å². The van der Waals surface area contributed by atoms with Crippen molar-refractivity contribution in [2.75, 3.05) is 0 Å². The highest BCUT2D eigenvalue weighted by Gasteiger charge is 2.24. The van der Waals surface area contributed by atoms with Crippen molar-refractivity contribution in [3.63, 3.8) is 0 Å². The summed E-state index contributed by atoms with van der Waals surface area (Å²) in [6.45, 7) is 1.52. The average Bonchev–Trinajstić information content (AvgIpc) is 2.88. The average molecular weight is 339 g/mol. The number of thiophene rings is 1. The van der Waals surface area contributed by atoms with Crippen LogP contribution in [0.2, 0.25) is 0 Å². The van der Waals surface area contributed by atoms with Gasteiger partial charge in [0.05, 0.1) is 5.39 Å². The molecule has 1 atom stereocenters. The van der Waals surface area contributed by atoms with Crippen LogP contribution in [-0.2, 0) is 0 Å². The molecule has 4 rings (SSSR count). The number of Topliss-reactive ketones (excluding diaryl/α,β-unsaturated/α-hetero) is 1. The van der Waals surface area contributed by atoms with Gasteiger partial charge in [-0.25, -0.2) is 8.78 Å². The third kappa shape index (κ3) is 2.31. The summed E-state index contributed by atoms with van der Waals surface area (Å²) in [6.07, 6.45) is 0. The van der Waals surface area contributed by atoms with Crippen molar-refractivity contribution < 1.29 is 13.6 Å². The Labute approximate surface area is 140 Å². The van der Waals surface area contributed by atoms with E-state index in [1.54, 1.807) is 24.3 Å². The van der Waals surface area contributed by atoms with Crippen LogP contribution in [0.4, 0.5) is 8.78 Å². The SMILES string of the molecule is CC(=O)c1ccc2c(c1)c1cc(F)ccc1[s+]2-c1ccc(F)cc1. The molecule has 3 aromatic carbocycles. The Kier molecular flexibility index (Phi) is 3.43. The number of fused-ring (bicyclic) bond motifs is 3. The highest BCUT2D eigenvalue weighted by Crippen LogP contribution is 2.48. The monoisotopic (exact) mass is 339 g/mol. The minimum absolute atomic E-state index is 0.0238. The van der Waals surface area contributed by atoms with Gasteiger partial charge in [0.25, 0.3) is 0 Å². The molecule has 4 aromatic rings. The van der Waals surface area contributed by atoms with Crippen LogP contribution in [0.25, 0.3) is 25.1 Å². The number of carbonyl (C=O) groups is 1. The first kappa shape index (κ1) is 15.0. The van der Waals surface area contributed by atoms with Gasteiger partial charge >= 0.3 is 0 Å². The summed E-state index contributed by atoms with van der Waals surface area (Å²) >= 11 is 0. The van der Waals surface area contributed by atoms with E-state index >= 15 is 0 Å². The summed E-state index contributed by atoms with van der Waals surface area (Å²) in [5.41, 5.74) is 0.605. The molecule has 0 radical (unpaired) electrons. The summed E-state index contributed by atoms with van der Waals surface area (Å²) in [6, 6.07) is 16.7. The maximum atomic E-state index is 13.8. The normalized spacial score (nSPS) is 12.0. The van der Waals surface area contributed by atoms with Crippen molar-refractivity contribution >= 4 is 36.4 Å². The Hall–Kier alpha value is -2.59. The van der Waals surface area contributed by atoms with Crippen LogP contribution in [0.5, 0.6) is 0 Å². The van der Waals surface area contributed by atoms with E-state index in [2.05, 4.69) is 0 Å². The van der Waals surface area contributed by atoms with Crippen LogP contribution in [0.3, 0.4) is 0 Å². The van der Waals surface area contributed by atoms with Gasteiger partial charge in [0, 0.05) is 39.6 Å². The molecule has 0 aliphatic carbocycles. The first-order valence-electron chi connectivity index (χ1n) is 7.49. The number of carbonyl (C=O) groups excluding carboxylic acids is 1. The Morgan fingerprint density at radius 3 is 2.04 bits per heavy atom. The minimum Gasteiger partial charge on any atom is -0.295 e. The molecule has 118 valence electrons. The second-order valence-electron chi connectivity index (χ2n) is 5.67. The Bertz CT molecular complexity index is 1090. The number of hydrogen-bond donors (Lipinski definition) is 0. The lowest BCUT2D eigenvalue weighted by atomic mass is 10.1. The van der Waals surface area contributed by atoms with Gasteiger partial charge in [-0.15, -0.1) is 0 Å². The summed E-state index contributed by atoms with van der Waals surface area (Å²) < 4.78 is 29.1. The zero-order chi connectivity index (χ0) is 16.8. The lowest BCUT2D eigenvalue weighted by molar-refractivity contribution is 0.101. The zero-order valence-electron chi connectivity index (χ0n) is 12.8. The second kappa shape index (κ2) is 5.49. The summed E-state index contributed by atoms with van der Waals surface area (Å²) in [4.78, 5) is 12.7. The topological polar surface area (TPSA) is 17.1 Å². The van der Waals surface area contributed by atoms with E-state index in [0.717, 1.165) is 25.1 Å². The Morgan fingerprint density at radius 1 is 0.792 bits per heavy atom. The van der Waals surface area contributed by atoms with Crippen molar-refractivity contribution in [3.05, 3.63) is 77.9 Å². The first-order valence-corrected chi connectivity index (χ1v) is 8.72. The molecule has 1 unspecified atom stereocenters. The number of halogens is 2. The van der Waals surface area contributed by atoms with E-state index in [-0.39, 0.29) is 17.4 Å². The predicted octanol–water partition coefficient (Wildman–Crippen LogP) is 6.21. The third-order valence-corrected chi connectivity index (χ3v) is 6.44. The van der Waals surface area contributed by atoms with Crippen LogP contribution in [0.15, 0.2) is 60.7 Å². The molecule has 1 nitrogen and oxygen atoms in total. The summed E-state index contributed by atoms with van der Waals surface area (Å²) in [5.74, 6) is -0.616. The minimum atomic E-state index is -0.423. The van der Waals surface area contributed by atoms with Crippen LogP contribution < -0.4 is 0 Å². The molecule has 0 aliphatic heterocycles. The fourth-order valence-electron chi connectivity index (χ4n) is 2.97. The molecule has 1 aromatic heterocycles. The predicted molar refractivity (Wildman–Crippen MR) is 95.2 cm³/mol. The molecule has 0 spiro atoms. The summed E-state index contributed by atoms with van der Waals surface area (Å²) in [5, 5.41) is 1.69. The molecule has 0 bridgehead atoms. The molecule has 0 aliphatic rings. The number of hydrogen-bond acceptors (Lipinski definition) is 1. The molecule has 0 fully saturated rings. The van der Waals surface area contributed by atoms with Gasteiger partial charge in [-0.3, -0.25) is 4.79 Å². The van der Waals surface area contributed by atoms with Gasteiger partial charge in [0.2, 0.25) is 0 Å². The van der Waals surface area contributed by atoms with E-state index in [9.17, 15) is 13.6 Å². The van der Waals surface area contributed by atoms with Crippen molar-refractivity contribution in [2.24, 2.45) is 0 Å². The van der Waals surface area contributed by atoms with Gasteiger partial charge in [0.15, 0.2) is 20.1 Å². The second-order valence-corrected chi connectivity index (χ2v) is 7.63. The molecule has 4 heteroatoms. The standard InChI is InChI=1S/C20H13F2OS/c1-12(23)13-2-8-19-17(10-13)18-11-15(22)5-9-20(18)24(19)16-6-3-14(21)4-7-16/h2-11H,1H3/q+1. The summed E-state index contributed by atoms with van der Waals surface area (Å²) in [7, 11) is -0.423. The van der Waals surface area contributed by atoms with E-state index < -0.39 is 10.5 Å². The van der Waals surface area contributed by atoms with Crippen LogP contribution in [-0.4, -0.2) is 5.78 Å². The van der Waals surface area contributed by atoms with Gasteiger partial charge in [-0.2, -0.15) is 0 Å². The van der Waals surface area contributed by atoms with Crippen LogP contribution >= 0.6 is 10.5 Å². The lowest BCUT2D eigenvalue weighted by Gasteiger charge is -1.95. The molecule has 24 heavy (non-hydrogen) atoms. The highest BCUT2D eigenvalue weighted by atomic mass is 32.2. The van der Waals surface area contributed by atoms with Crippen molar-refractivity contribution in [2.45, 2.75) is 6.92 Å². The molecular formula is C20H13F2OS+. The molecule has 0 saturated carbocycles. The van der Waals surface area contributed by atoms with E-state index in [1.807, 2.05) is 12.1 Å². The van der Waals surface area contributed by atoms with Crippen LogP contribution in [0.1, 0.15) is 17.3 Å². The Balaban J connectivity index is 2.14. The van der Waals surface area contributed by atoms with Gasteiger partial charge in [-0.1, -0.05) is 0 Å². The quantitative estimate of drug-likeness (QED) is 0.313. The first-order chi connectivity index (χ1) is 11.5. The van der Waals surface area contributed by atoms with E-state index in [0.29, 0.717) is 5.56 Å². The fraction of sp³-hybridized carbons (Fsp3) is 0.0500. The van der Waals surface area contributed by atoms with E-state index in [4.69, 9.17) is 0 Å². The number of benzene rings is 3. The lowest BCUT2D eigenvalue weighted by Crippen LogP contribution is -1.90. The number of ketones is 1. The largest absolute Gasteiger partial charge is 0.295 e. The smallest absolute Gasteiger partial charge is 0.187 e. The highest BCUT2D eigenvalue weighted by molar-refractivity contribution is 7.50. The van der Waals surface area contributed by atoms with Crippen molar-refractivity contribution in [1.29, 1.82) is 0 Å².